The molecule has 1 rings (SSSR count). The summed E-state index contributed by atoms with van der Waals surface area (Å²) in [5.74, 6) is 1.34. The van der Waals surface area contributed by atoms with E-state index in [9.17, 15) is 4.79 Å². The van der Waals surface area contributed by atoms with Crippen molar-refractivity contribution in [3.05, 3.63) is 23.8 Å². The largest absolute Gasteiger partial charge is 0.493 e. The number of rotatable bonds is 8. The van der Waals surface area contributed by atoms with Gasteiger partial charge >= 0.3 is 0 Å². The minimum Gasteiger partial charge on any atom is -0.493 e. The van der Waals surface area contributed by atoms with E-state index in [-0.39, 0.29) is 17.7 Å². The van der Waals surface area contributed by atoms with Gasteiger partial charge in [0.1, 0.15) is 0 Å². The molecular weight excluding hydrogens is 254 g/mol. The van der Waals surface area contributed by atoms with Crippen LogP contribution in [0.1, 0.15) is 43.5 Å². The normalized spacial score (nSPS) is 13.7. The molecule has 0 aliphatic rings. The predicted octanol–water partition coefficient (Wildman–Crippen LogP) is 3.04. The first-order chi connectivity index (χ1) is 9.49. The molecule has 0 fully saturated rings. The molecule has 4 nitrogen and oxygen atoms in total. The van der Waals surface area contributed by atoms with Crippen molar-refractivity contribution < 1.29 is 14.3 Å². The van der Waals surface area contributed by atoms with Crippen LogP contribution in [-0.4, -0.2) is 26.0 Å². The molecule has 0 spiro atoms. The van der Waals surface area contributed by atoms with E-state index in [4.69, 9.17) is 15.2 Å². The molecule has 0 heterocycles. The molecule has 0 radical (unpaired) electrons. The highest BCUT2D eigenvalue weighted by Gasteiger charge is 2.17. The molecule has 2 unspecified atom stereocenters. The predicted molar refractivity (Wildman–Crippen MR) is 80.5 cm³/mol. The summed E-state index contributed by atoms with van der Waals surface area (Å²) in [5, 5.41) is 0. The molecule has 0 saturated carbocycles. The Morgan fingerprint density at radius 3 is 2.35 bits per heavy atom. The summed E-state index contributed by atoms with van der Waals surface area (Å²) >= 11 is 0. The first kappa shape index (κ1) is 16.5. The molecule has 0 aromatic heterocycles. The van der Waals surface area contributed by atoms with Gasteiger partial charge in [-0.1, -0.05) is 13.3 Å². The topological polar surface area (TPSA) is 61.5 Å². The maximum atomic E-state index is 12.4. The van der Waals surface area contributed by atoms with Crippen LogP contribution in [-0.2, 0) is 0 Å². The van der Waals surface area contributed by atoms with Crippen molar-refractivity contribution in [1.82, 2.24) is 0 Å². The van der Waals surface area contributed by atoms with Crippen molar-refractivity contribution in [2.75, 3.05) is 14.2 Å². The van der Waals surface area contributed by atoms with E-state index >= 15 is 0 Å². The minimum absolute atomic E-state index is 0.00755. The highest BCUT2D eigenvalue weighted by Crippen LogP contribution is 2.29. The first-order valence-electron chi connectivity index (χ1n) is 7.01. The Balaban J connectivity index is 2.71. The molecule has 1 aromatic carbocycles. The fourth-order valence-corrected chi connectivity index (χ4v) is 2.15. The summed E-state index contributed by atoms with van der Waals surface area (Å²) in [6.45, 7) is 3.95. The lowest BCUT2D eigenvalue weighted by atomic mass is 9.93. The average molecular weight is 279 g/mol. The molecule has 0 aliphatic carbocycles. The number of carbonyl (C=O) groups excluding carboxylic acids is 1. The Hall–Kier alpha value is -1.55. The second-order valence-electron chi connectivity index (χ2n) is 5.24. The van der Waals surface area contributed by atoms with Crippen molar-refractivity contribution in [3.63, 3.8) is 0 Å². The standard InChI is InChI=1S/C16H25NO3/c1-11(6-5-7-12(2)17)16(18)13-8-9-14(19-3)15(10-13)20-4/h8-12H,5-7,17H2,1-4H3. The van der Waals surface area contributed by atoms with E-state index < -0.39 is 0 Å². The quantitative estimate of drug-likeness (QED) is 0.743. The molecule has 0 amide bonds. The second-order valence-corrected chi connectivity index (χ2v) is 5.24. The number of benzene rings is 1. The Morgan fingerprint density at radius 2 is 1.80 bits per heavy atom. The molecule has 2 N–H and O–H groups in total. The highest BCUT2D eigenvalue weighted by atomic mass is 16.5. The summed E-state index contributed by atoms with van der Waals surface area (Å²) in [6.07, 6.45) is 2.77. The lowest BCUT2D eigenvalue weighted by molar-refractivity contribution is 0.0921. The molecule has 0 aliphatic heterocycles. The Kier molecular flexibility index (Phi) is 6.52. The Morgan fingerprint density at radius 1 is 1.15 bits per heavy atom. The molecule has 20 heavy (non-hydrogen) atoms. The van der Waals surface area contributed by atoms with E-state index in [1.54, 1.807) is 32.4 Å². The van der Waals surface area contributed by atoms with Crippen molar-refractivity contribution >= 4 is 5.78 Å². The summed E-state index contributed by atoms with van der Waals surface area (Å²) in [5.41, 5.74) is 6.38. The number of carbonyl (C=O) groups is 1. The number of hydrogen-bond acceptors (Lipinski definition) is 4. The summed E-state index contributed by atoms with van der Waals surface area (Å²) < 4.78 is 10.4. The van der Waals surface area contributed by atoms with E-state index in [2.05, 4.69) is 0 Å². The summed E-state index contributed by atoms with van der Waals surface area (Å²) in [7, 11) is 3.15. The molecule has 4 heteroatoms. The van der Waals surface area contributed by atoms with Gasteiger partial charge in [-0.2, -0.15) is 0 Å². The second kappa shape index (κ2) is 7.90. The van der Waals surface area contributed by atoms with E-state index in [0.29, 0.717) is 17.1 Å². The number of nitrogens with two attached hydrogens (primary N) is 1. The van der Waals surface area contributed by atoms with E-state index in [1.807, 2.05) is 13.8 Å². The van der Waals surface area contributed by atoms with Gasteiger partial charge in [-0.25, -0.2) is 0 Å². The van der Waals surface area contributed by atoms with Crippen LogP contribution in [0.4, 0.5) is 0 Å². The molecular formula is C16H25NO3. The Labute approximate surface area is 121 Å². The third kappa shape index (κ3) is 4.53. The van der Waals surface area contributed by atoms with Crippen LogP contribution in [0.2, 0.25) is 0 Å². The maximum Gasteiger partial charge on any atom is 0.165 e. The van der Waals surface area contributed by atoms with Gasteiger partial charge in [0.05, 0.1) is 14.2 Å². The van der Waals surface area contributed by atoms with Crippen LogP contribution in [0.5, 0.6) is 11.5 Å². The Bertz CT molecular complexity index is 443. The number of methoxy groups -OCH3 is 2. The number of hydrogen-bond donors (Lipinski definition) is 1. The van der Waals surface area contributed by atoms with Crippen LogP contribution in [0.15, 0.2) is 18.2 Å². The van der Waals surface area contributed by atoms with Crippen molar-refractivity contribution in [3.8, 4) is 11.5 Å². The van der Waals surface area contributed by atoms with Gasteiger partial charge in [-0.15, -0.1) is 0 Å². The average Bonchev–Trinajstić information content (AvgIpc) is 2.45. The number of Topliss-reactive ketones (excluding diaryl/α,β-unsaturated/α-hetero) is 1. The van der Waals surface area contributed by atoms with Crippen LogP contribution in [0.3, 0.4) is 0 Å². The van der Waals surface area contributed by atoms with Crippen LogP contribution >= 0.6 is 0 Å². The molecule has 112 valence electrons. The smallest absolute Gasteiger partial charge is 0.165 e. The third-order valence-corrected chi connectivity index (χ3v) is 3.41. The molecule has 0 saturated heterocycles. The molecule has 0 bridgehead atoms. The van der Waals surface area contributed by atoms with Gasteiger partial charge < -0.3 is 15.2 Å². The van der Waals surface area contributed by atoms with Crippen molar-refractivity contribution in [2.45, 2.75) is 39.2 Å². The lowest BCUT2D eigenvalue weighted by Gasteiger charge is -2.13. The van der Waals surface area contributed by atoms with E-state index in [1.165, 1.54) is 0 Å². The highest BCUT2D eigenvalue weighted by molar-refractivity contribution is 5.98. The summed E-state index contributed by atoms with van der Waals surface area (Å²) in [4.78, 5) is 12.4. The fraction of sp³-hybridized carbons (Fsp3) is 0.562. The molecule has 1 aromatic rings. The minimum atomic E-state index is -0.00755. The van der Waals surface area contributed by atoms with Gasteiger partial charge in [-0.3, -0.25) is 4.79 Å². The monoisotopic (exact) mass is 279 g/mol. The van der Waals surface area contributed by atoms with Crippen LogP contribution in [0, 0.1) is 5.92 Å². The number of ether oxygens (including phenoxy) is 2. The van der Waals surface area contributed by atoms with Gasteiger partial charge in [0.15, 0.2) is 17.3 Å². The van der Waals surface area contributed by atoms with Crippen LogP contribution < -0.4 is 15.2 Å². The first-order valence-corrected chi connectivity index (χ1v) is 7.01. The van der Waals surface area contributed by atoms with Gasteiger partial charge in [0, 0.05) is 17.5 Å². The zero-order valence-electron chi connectivity index (χ0n) is 12.8. The van der Waals surface area contributed by atoms with E-state index in [0.717, 1.165) is 19.3 Å². The van der Waals surface area contributed by atoms with Crippen LogP contribution in [0.25, 0.3) is 0 Å². The summed E-state index contributed by atoms with van der Waals surface area (Å²) in [6, 6.07) is 5.48. The van der Waals surface area contributed by atoms with Gasteiger partial charge in [0.25, 0.3) is 0 Å². The van der Waals surface area contributed by atoms with Gasteiger partial charge in [-0.05, 0) is 38.0 Å². The van der Waals surface area contributed by atoms with Gasteiger partial charge in [0.2, 0.25) is 0 Å². The SMILES string of the molecule is COc1ccc(C(=O)C(C)CCCC(C)N)cc1OC. The van der Waals surface area contributed by atoms with Crippen molar-refractivity contribution in [2.24, 2.45) is 11.7 Å². The zero-order valence-corrected chi connectivity index (χ0v) is 12.8. The van der Waals surface area contributed by atoms with Crippen molar-refractivity contribution in [1.29, 1.82) is 0 Å². The fourth-order valence-electron chi connectivity index (χ4n) is 2.15. The maximum absolute atomic E-state index is 12.4. The third-order valence-electron chi connectivity index (χ3n) is 3.41. The number of ketones is 1. The zero-order chi connectivity index (χ0) is 15.1. The molecule has 2 atom stereocenters. The lowest BCUT2D eigenvalue weighted by Crippen LogP contribution is -2.16.